The second-order valence-corrected chi connectivity index (χ2v) is 5.88. The molecule has 2 rings (SSSR count). The van der Waals surface area contributed by atoms with Crippen LogP contribution in [-0.4, -0.2) is 40.5 Å². The van der Waals surface area contributed by atoms with Crippen molar-refractivity contribution in [2.24, 2.45) is 5.92 Å². The molecule has 26 heavy (non-hydrogen) atoms. The molecule has 1 aromatic rings. The largest absolute Gasteiger partial charge is 0.507 e. The van der Waals surface area contributed by atoms with Gasteiger partial charge < -0.3 is 9.84 Å². The first-order valence-corrected chi connectivity index (χ1v) is 7.03. The third-order valence-corrected chi connectivity index (χ3v) is 4.17. The van der Waals surface area contributed by atoms with E-state index in [1.807, 2.05) is 0 Å². The molecule has 0 aromatic heterocycles. The normalized spacial score (nSPS) is 24.5. The number of benzene rings is 1. The Bertz CT molecular complexity index is 744. The molecular formula is C15H11F7O4. The molecule has 1 saturated heterocycles. The Hall–Kier alpha value is -2.33. The second-order valence-electron chi connectivity index (χ2n) is 5.88. The van der Waals surface area contributed by atoms with Crippen LogP contribution in [0.15, 0.2) is 24.3 Å². The van der Waals surface area contributed by atoms with Gasteiger partial charge >= 0.3 is 24.0 Å². The summed E-state index contributed by atoms with van der Waals surface area (Å²) in [5.41, 5.74) is -3.70. The van der Waals surface area contributed by atoms with Gasteiger partial charge in [0, 0.05) is 0 Å². The van der Waals surface area contributed by atoms with E-state index in [1.165, 1.54) is 12.1 Å². The van der Waals surface area contributed by atoms with Gasteiger partial charge in [-0.25, -0.2) is 0 Å². The van der Waals surface area contributed by atoms with Crippen LogP contribution in [0, 0.1) is 5.92 Å². The Morgan fingerprint density at radius 1 is 1.15 bits per heavy atom. The summed E-state index contributed by atoms with van der Waals surface area (Å²) >= 11 is 0. The highest BCUT2D eigenvalue weighted by Crippen LogP contribution is 2.56. The molecule has 0 amide bonds. The molecule has 1 fully saturated rings. The molecule has 0 radical (unpaired) electrons. The van der Waals surface area contributed by atoms with Crippen LogP contribution < -0.4 is 0 Å². The average Bonchev–Trinajstić information content (AvgIpc) is 2.82. The molecule has 1 heterocycles. The van der Waals surface area contributed by atoms with Gasteiger partial charge in [0.25, 0.3) is 0 Å². The highest BCUT2D eigenvalue weighted by Gasteiger charge is 2.79. The summed E-state index contributed by atoms with van der Waals surface area (Å²) in [6, 6.07) is 4.32. The highest BCUT2D eigenvalue weighted by molar-refractivity contribution is 6.06. The van der Waals surface area contributed by atoms with Crippen LogP contribution >= 0.6 is 0 Å². The van der Waals surface area contributed by atoms with Gasteiger partial charge in [0.2, 0.25) is 5.78 Å². The molecule has 144 valence electrons. The maximum absolute atomic E-state index is 14.1. The van der Waals surface area contributed by atoms with E-state index < -0.39 is 59.0 Å². The van der Waals surface area contributed by atoms with Crippen LogP contribution in [0.25, 0.3) is 0 Å². The zero-order valence-electron chi connectivity index (χ0n) is 12.9. The number of ether oxygens (including phenoxy) is 1. The van der Waals surface area contributed by atoms with E-state index >= 15 is 0 Å². The Kier molecular flexibility index (Phi) is 4.49. The summed E-state index contributed by atoms with van der Waals surface area (Å²) < 4.78 is 96.8. The van der Waals surface area contributed by atoms with E-state index in [1.54, 1.807) is 0 Å². The number of carbonyl (C=O) groups is 2. The fourth-order valence-electron chi connectivity index (χ4n) is 2.73. The van der Waals surface area contributed by atoms with E-state index in [9.17, 15) is 45.4 Å². The molecule has 4 nitrogen and oxygen atoms in total. The van der Waals surface area contributed by atoms with Crippen molar-refractivity contribution in [1.82, 2.24) is 0 Å². The van der Waals surface area contributed by atoms with Gasteiger partial charge in [-0.05, 0) is 19.1 Å². The molecule has 1 aliphatic heterocycles. The molecule has 1 N–H and O–H groups in total. The molecule has 0 bridgehead atoms. The molecule has 1 aromatic carbocycles. The molecule has 2 unspecified atom stereocenters. The topological polar surface area (TPSA) is 63.6 Å². The molecule has 0 aliphatic carbocycles. The molecule has 0 saturated carbocycles. The molecular weight excluding hydrogens is 377 g/mol. The maximum atomic E-state index is 14.1. The minimum Gasteiger partial charge on any atom is -0.507 e. The van der Waals surface area contributed by atoms with Crippen molar-refractivity contribution in [3.8, 4) is 5.75 Å². The minimum absolute atomic E-state index is 0.512. The lowest BCUT2D eigenvalue weighted by Gasteiger charge is -2.37. The van der Waals surface area contributed by atoms with Gasteiger partial charge in [0.15, 0.2) is 5.60 Å². The highest BCUT2D eigenvalue weighted by atomic mass is 19.4. The van der Waals surface area contributed by atoms with Crippen LogP contribution in [-0.2, 0) is 9.53 Å². The van der Waals surface area contributed by atoms with Crippen LogP contribution in [0.2, 0.25) is 0 Å². The number of aromatic hydroxyl groups is 1. The number of phenolic OH excluding ortho intramolecular Hbond substituents is 1. The molecule has 0 spiro atoms. The van der Waals surface area contributed by atoms with Crippen molar-refractivity contribution in [2.75, 3.05) is 0 Å². The third-order valence-electron chi connectivity index (χ3n) is 4.17. The van der Waals surface area contributed by atoms with E-state index in [4.69, 9.17) is 0 Å². The number of hydrogen-bond donors (Lipinski definition) is 1. The Labute approximate surface area is 141 Å². The van der Waals surface area contributed by atoms with E-state index in [0.29, 0.717) is 6.92 Å². The molecule has 1 aliphatic rings. The average molecular weight is 388 g/mol. The maximum Gasteiger partial charge on any atom is 0.459 e. The number of carbonyl (C=O) groups excluding carboxylic acids is 2. The predicted molar refractivity (Wildman–Crippen MR) is 71.0 cm³/mol. The van der Waals surface area contributed by atoms with E-state index in [0.717, 1.165) is 12.1 Å². The summed E-state index contributed by atoms with van der Waals surface area (Å²) in [6.07, 6.45) is -8.16. The van der Waals surface area contributed by atoms with Crippen LogP contribution in [0.1, 0.15) is 23.7 Å². The van der Waals surface area contributed by atoms with Crippen molar-refractivity contribution in [1.29, 1.82) is 0 Å². The second kappa shape index (κ2) is 5.85. The zero-order valence-corrected chi connectivity index (χ0v) is 12.9. The van der Waals surface area contributed by atoms with Crippen LogP contribution in [0.3, 0.4) is 0 Å². The van der Waals surface area contributed by atoms with Crippen molar-refractivity contribution in [2.45, 2.75) is 37.0 Å². The first-order chi connectivity index (χ1) is 11.7. The monoisotopic (exact) mass is 388 g/mol. The lowest BCUT2D eigenvalue weighted by atomic mass is 9.76. The van der Waals surface area contributed by atoms with Crippen LogP contribution in [0.4, 0.5) is 30.7 Å². The van der Waals surface area contributed by atoms with Crippen molar-refractivity contribution in [3.63, 3.8) is 0 Å². The SMILES string of the molecule is CC1(C(=O)c2ccccc2O)OC(=O)CC1C(F)(F)C(F)(F)C(F)(F)F. The smallest absolute Gasteiger partial charge is 0.459 e. The summed E-state index contributed by atoms with van der Waals surface area (Å²) in [6.45, 7) is 0.512. The Balaban J connectivity index is 2.56. The van der Waals surface area contributed by atoms with E-state index in [-0.39, 0.29) is 0 Å². The van der Waals surface area contributed by atoms with Crippen molar-refractivity contribution in [3.05, 3.63) is 29.8 Å². The first-order valence-electron chi connectivity index (χ1n) is 7.03. The van der Waals surface area contributed by atoms with Gasteiger partial charge in [-0.15, -0.1) is 0 Å². The number of hydrogen-bond acceptors (Lipinski definition) is 4. The number of rotatable bonds is 4. The molecule has 2 atom stereocenters. The zero-order chi connectivity index (χ0) is 20.1. The molecule has 11 heteroatoms. The number of para-hydroxylation sites is 1. The van der Waals surface area contributed by atoms with Crippen molar-refractivity contribution < 1.29 is 50.2 Å². The lowest BCUT2D eigenvalue weighted by Crippen LogP contribution is -2.61. The van der Waals surface area contributed by atoms with Gasteiger partial charge in [0.1, 0.15) is 5.75 Å². The van der Waals surface area contributed by atoms with Gasteiger partial charge in [-0.2, -0.15) is 30.7 Å². The number of halogens is 7. The lowest BCUT2D eigenvalue weighted by molar-refractivity contribution is -0.369. The third kappa shape index (κ3) is 2.78. The first kappa shape index (κ1) is 20.0. The predicted octanol–water partition coefficient (Wildman–Crippen LogP) is 3.73. The Morgan fingerprint density at radius 3 is 2.19 bits per heavy atom. The summed E-state index contributed by atoms with van der Waals surface area (Å²) in [4.78, 5) is 23.9. The van der Waals surface area contributed by atoms with Crippen LogP contribution in [0.5, 0.6) is 5.75 Å². The van der Waals surface area contributed by atoms with Crippen molar-refractivity contribution >= 4 is 11.8 Å². The van der Waals surface area contributed by atoms with E-state index in [2.05, 4.69) is 4.74 Å². The fourth-order valence-corrected chi connectivity index (χ4v) is 2.73. The number of phenols is 1. The quantitative estimate of drug-likeness (QED) is 0.485. The number of cyclic esters (lactones) is 1. The summed E-state index contributed by atoms with van der Waals surface area (Å²) in [5, 5.41) is 9.62. The fraction of sp³-hybridized carbons (Fsp3) is 0.467. The number of Topliss-reactive ketones (excluding diaryl/α,β-unsaturated/α-hetero) is 1. The standard InChI is InChI=1S/C15H11F7O4/c1-12(11(25)7-4-2-3-5-8(7)23)9(6-10(24)26-12)13(16,17)14(18,19)15(20,21)22/h2-5,9,23H,6H2,1H3. The summed E-state index contributed by atoms with van der Waals surface area (Å²) in [5.74, 6) is -19.3. The van der Waals surface area contributed by atoms with Gasteiger partial charge in [0.05, 0.1) is 17.9 Å². The number of ketones is 1. The number of alkyl halides is 7. The number of esters is 1. The minimum atomic E-state index is -6.62. The van der Waals surface area contributed by atoms with Gasteiger partial charge in [-0.3, -0.25) is 9.59 Å². The van der Waals surface area contributed by atoms with Gasteiger partial charge in [-0.1, -0.05) is 12.1 Å². The Morgan fingerprint density at radius 2 is 1.69 bits per heavy atom. The summed E-state index contributed by atoms with van der Waals surface area (Å²) in [7, 11) is 0.